The predicted octanol–water partition coefficient (Wildman–Crippen LogP) is 3.99. The number of fused-ring (bicyclic) bond motifs is 1. The number of amides is 1. The largest absolute Gasteiger partial charge is 0.497 e. The van der Waals surface area contributed by atoms with Gasteiger partial charge in [-0.05, 0) is 48.9 Å². The van der Waals surface area contributed by atoms with Crippen molar-refractivity contribution in [2.24, 2.45) is 0 Å². The molecule has 0 aliphatic carbocycles. The summed E-state index contributed by atoms with van der Waals surface area (Å²) in [7, 11) is 1.62. The number of benzene rings is 2. The molecule has 5 nitrogen and oxygen atoms in total. The Morgan fingerprint density at radius 1 is 1.30 bits per heavy atom. The van der Waals surface area contributed by atoms with Crippen molar-refractivity contribution in [2.75, 3.05) is 18.3 Å². The van der Waals surface area contributed by atoms with Gasteiger partial charge in [-0.3, -0.25) is 4.79 Å². The Morgan fingerprint density at radius 3 is 2.70 bits per heavy atom. The van der Waals surface area contributed by atoms with Crippen molar-refractivity contribution in [3.8, 4) is 17.2 Å². The maximum Gasteiger partial charge on any atom is 0.239 e. The lowest BCUT2D eigenvalue weighted by atomic mass is 10.2. The van der Waals surface area contributed by atoms with Crippen LogP contribution in [0.5, 0.6) is 5.75 Å². The summed E-state index contributed by atoms with van der Waals surface area (Å²) in [6.07, 6.45) is 0. The van der Waals surface area contributed by atoms with E-state index >= 15 is 0 Å². The molecular weight excluding hydrogens is 316 g/mol. The van der Waals surface area contributed by atoms with E-state index in [0.717, 1.165) is 16.9 Å². The maximum absolute atomic E-state index is 11.4. The van der Waals surface area contributed by atoms with Crippen LogP contribution in [0.4, 0.5) is 5.69 Å². The van der Waals surface area contributed by atoms with Gasteiger partial charge in [0.1, 0.15) is 17.1 Å². The number of halogens is 1. The SMILES string of the molecule is COc1ccc(-c2nc3cc(NC(=O)CCl)cc(C)c3o2)cc1. The number of aryl methyl sites for hydroxylation is 1. The standard InChI is InChI=1S/C17H15ClN2O3/c1-10-7-12(19-15(21)9-18)8-14-16(10)23-17(20-14)11-3-5-13(22-2)6-4-11/h3-8H,9H2,1-2H3,(H,19,21). The average molecular weight is 331 g/mol. The monoisotopic (exact) mass is 330 g/mol. The minimum atomic E-state index is -0.260. The Kier molecular flexibility index (Phi) is 4.21. The highest BCUT2D eigenvalue weighted by Gasteiger charge is 2.12. The summed E-state index contributed by atoms with van der Waals surface area (Å²) in [6.45, 7) is 1.90. The van der Waals surface area contributed by atoms with Gasteiger partial charge in [-0.2, -0.15) is 0 Å². The first kappa shape index (κ1) is 15.4. The van der Waals surface area contributed by atoms with Crippen LogP contribution in [0, 0.1) is 6.92 Å². The van der Waals surface area contributed by atoms with Crippen LogP contribution >= 0.6 is 11.6 Å². The molecule has 0 aliphatic heterocycles. The van der Waals surface area contributed by atoms with E-state index in [1.165, 1.54) is 0 Å². The number of anilines is 1. The van der Waals surface area contributed by atoms with Crippen molar-refractivity contribution in [3.05, 3.63) is 42.0 Å². The summed E-state index contributed by atoms with van der Waals surface area (Å²) < 4.78 is 11.0. The highest BCUT2D eigenvalue weighted by atomic mass is 35.5. The molecule has 3 rings (SSSR count). The summed E-state index contributed by atoms with van der Waals surface area (Å²) in [5.74, 6) is 0.940. The van der Waals surface area contributed by atoms with Crippen molar-refractivity contribution in [2.45, 2.75) is 6.92 Å². The molecule has 0 unspecified atom stereocenters. The van der Waals surface area contributed by atoms with Gasteiger partial charge in [0.2, 0.25) is 11.8 Å². The number of nitrogens with zero attached hydrogens (tertiary/aromatic N) is 1. The van der Waals surface area contributed by atoms with Crippen LogP contribution in [0.3, 0.4) is 0 Å². The molecule has 6 heteroatoms. The van der Waals surface area contributed by atoms with Crippen LogP contribution in [0.2, 0.25) is 0 Å². The number of hydrogen-bond acceptors (Lipinski definition) is 4. The van der Waals surface area contributed by atoms with Gasteiger partial charge in [0.15, 0.2) is 5.58 Å². The first-order valence-electron chi connectivity index (χ1n) is 7.02. The Balaban J connectivity index is 2.00. The molecule has 118 valence electrons. The number of ether oxygens (including phenoxy) is 1. The molecule has 0 spiro atoms. The minimum Gasteiger partial charge on any atom is -0.497 e. The predicted molar refractivity (Wildman–Crippen MR) is 90.1 cm³/mol. The van der Waals surface area contributed by atoms with E-state index in [0.29, 0.717) is 22.7 Å². The Labute approximate surface area is 138 Å². The zero-order chi connectivity index (χ0) is 16.4. The lowest BCUT2D eigenvalue weighted by molar-refractivity contribution is -0.113. The second-order valence-corrected chi connectivity index (χ2v) is 5.34. The highest BCUT2D eigenvalue weighted by Crippen LogP contribution is 2.29. The number of methoxy groups -OCH3 is 1. The van der Waals surface area contributed by atoms with Gasteiger partial charge in [-0.25, -0.2) is 4.98 Å². The number of carbonyl (C=O) groups is 1. The normalized spacial score (nSPS) is 10.7. The first-order chi connectivity index (χ1) is 11.1. The molecule has 0 bridgehead atoms. The van der Waals surface area contributed by atoms with Gasteiger partial charge in [0.25, 0.3) is 0 Å². The van der Waals surface area contributed by atoms with Gasteiger partial charge >= 0.3 is 0 Å². The topological polar surface area (TPSA) is 64.4 Å². The van der Waals surface area contributed by atoms with Crippen molar-refractivity contribution in [1.82, 2.24) is 4.98 Å². The van der Waals surface area contributed by atoms with Crippen LogP contribution < -0.4 is 10.1 Å². The van der Waals surface area contributed by atoms with E-state index in [-0.39, 0.29) is 11.8 Å². The van der Waals surface area contributed by atoms with Gasteiger partial charge in [0, 0.05) is 11.3 Å². The highest BCUT2D eigenvalue weighted by molar-refractivity contribution is 6.29. The molecule has 0 fully saturated rings. The third-order valence-corrected chi connectivity index (χ3v) is 3.66. The van der Waals surface area contributed by atoms with E-state index in [2.05, 4.69) is 10.3 Å². The van der Waals surface area contributed by atoms with Crippen LogP contribution in [0.15, 0.2) is 40.8 Å². The third kappa shape index (κ3) is 3.14. The molecule has 3 aromatic rings. The summed E-state index contributed by atoms with van der Waals surface area (Å²) in [5, 5.41) is 2.72. The van der Waals surface area contributed by atoms with Gasteiger partial charge in [-0.15, -0.1) is 11.6 Å². The molecule has 0 saturated heterocycles. The molecule has 2 aromatic carbocycles. The fourth-order valence-electron chi connectivity index (χ4n) is 2.32. The second kappa shape index (κ2) is 6.30. The zero-order valence-electron chi connectivity index (χ0n) is 12.7. The van der Waals surface area contributed by atoms with Gasteiger partial charge < -0.3 is 14.5 Å². The van der Waals surface area contributed by atoms with Crippen molar-refractivity contribution in [3.63, 3.8) is 0 Å². The minimum absolute atomic E-state index is 0.0903. The summed E-state index contributed by atoms with van der Waals surface area (Å²) in [4.78, 5) is 15.9. The number of carbonyl (C=O) groups excluding carboxylic acids is 1. The molecule has 1 N–H and O–H groups in total. The zero-order valence-corrected chi connectivity index (χ0v) is 13.5. The number of oxazole rings is 1. The molecule has 0 aliphatic rings. The van der Waals surface area contributed by atoms with Gasteiger partial charge in [0.05, 0.1) is 7.11 Å². The molecule has 0 atom stereocenters. The lowest BCUT2D eigenvalue weighted by Gasteiger charge is -2.03. The number of rotatable bonds is 4. The van der Waals surface area contributed by atoms with Crippen LogP contribution in [-0.4, -0.2) is 23.9 Å². The van der Waals surface area contributed by atoms with Crippen LogP contribution in [0.25, 0.3) is 22.6 Å². The fourth-order valence-corrected chi connectivity index (χ4v) is 2.39. The maximum atomic E-state index is 11.4. The lowest BCUT2D eigenvalue weighted by Crippen LogP contribution is -2.12. The Hall–Kier alpha value is -2.53. The quantitative estimate of drug-likeness (QED) is 0.735. The van der Waals surface area contributed by atoms with Crippen LogP contribution in [-0.2, 0) is 4.79 Å². The van der Waals surface area contributed by atoms with Crippen LogP contribution in [0.1, 0.15) is 5.56 Å². The number of nitrogens with one attached hydrogen (secondary N) is 1. The number of alkyl halides is 1. The van der Waals surface area contributed by atoms with E-state index in [1.807, 2.05) is 37.3 Å². The Bertz CT molecular complexity index is 856. The Morgan fingerprint density at radius 2 is 2.04 bits per heavy atom. The first-order valence-corrected chi connectivity index (χ1v) is 7.55. The molecule has 0 saturated carbocycles. The summed E-state index contributed by atoms with van der Waals surface area (Å²) in [5.41, 5.74) is 3.77. The van der Waals surface area contributed by atoms with Crippen molar-refractivity contribution in [1.29, 1.82) is 0 Å². The van der Waals surface area contributed by atoms with E-state index in [1.54, 1.807) is 13.2 Å². The van der Waals surface area contributed by atoms with E-state index < -0.39 is 0 Å². The van der Waals surface area contributed by atoms with E-state index in [9.17, 15) is 4.79 Å². The van der Waals surface area contributed by atoms with Crippen molar-refractivity contribution < 1.29 is 13.9 Å². The van der Waals surface area contributed by atoms with E-state index in [4.69, 9.17) is 20.8 Å². The van der Waals surface area contributed by atoms with Gasteiger partial charge in [-0.1, -0.05) is 0 Å². The molecule has 1 heterocycles. The summed E-state index contributed by atoms with van der Waals surface area (Å²) in [6, 6.07) is 11.1. The third-order valence-electron chi connectivity index (χ3n) is 3.42. The number of hydrogen-bond donors (Lipinski definition) is 1. The fraction of sp³-hybridized carbons (Fsp3) is 0.176. The molecule has 1 amide bonds. The molecule has 23 heavy (non-hydrogen) atoms. The number of aromatic nitrogens is 1. The average Bonchev–Trinajstić information content (AvgIpc) is 2.99. The molecule has 0 radical (unpaired) electrons. The van der Waals surface area contributed by atoms with Crippen molar-refractivity contribution >= 4 is 34.3 Å². The second-order valence-electron chi connectivity index (χ2n) is 5.07. The summed E-state index contributed by atoms with van der Waals surface area (Å²) >= 11 is 5.51. The smallest absolute Gasteiger partial charge is 0.239 e. The molecule has 1 aromatic heterocycles. The molecular formula is C17H15ClN2O3.